The molecule has 1 aliphatic rings. The summed E-state index contributed by atoms with van der Waals surface area (Å²) in [5.41, 5.74) is 0.785. The van der Waals surface area contributed by atoms with Crippen molar-refractivity contribution in [2.75, 3.05) is 18.0 Å². The van der Waals surface area contributed by atoms with Gasteiger partial charge in [0.2, 0.25) is 5.95 Å². The molecule has 1 atom stereocenters. The maximum atomic E-state index is 11.6. The van der Waals surface area contributed by atoms with Gasteiger partial charge in [-0.1, -0.05) is 0 Å². The van der Waals surface area contributed by atoms with E-state index in [0.717, 1.165) is 37.6 Å². The molecule has 2 aromatic heterocycles. The molecule has 0 aromatic carbocycles. The topological polar surface area (TPSA) is 74.8 Å². The molecule has 6 nitrogen and oxygen atoms in total. The Morgan fingerprint density at radius 3 is 2.90 bits per heavy atom. The van der Waals surface area contributed by atoms with Gasteiger partial charge in [-0.15, -0.1) is 0 Å². The minimum atomic E-state index is -0.0828. The minimum Gasteiger partial charge on any atom is -0.340 e. The molecule has 20 heavy (non-hydrogen) atoms. The Kier molecular flexibility index (Phi) is 3.45. The van der Waals surface area contributed by atoms with E-state index in [1.807, 2.05) is 13.0 Å². The molecule has 0 bridgehead atoms. The highest BCUT2D eigenvalue weighted by atomic mass is 16.1. The molecule has 0 aliphatic carbocycles. The van der Waals surface area contributed by atoms with Crippen LogP contribution in [0, 0.1) is 6.92 Å². The van der Waals surface area contributed by atoms with Crippen molar-refractivity contribution in [2.45, 2.75) is 25.7 Å². The summed E-state index contributed by atoms with van der Waals surface area (Å²) >= 11 is 0. The van der Waals surface area contributed by atoms with E-state index < -0.39 is 0 Å². The Morgan fingerprint density at radius 2 is 2.15 bits per heavy atom. The first-order chi connectivity index (χ1) is 9.72. The molecule has 1 unspecified atom stereocenters. The lowest BCUT2D eigenvalue weighted by Crippen LogP contribution is -2.36. The number of piperidine rings is 1. The smallest absolute Gasteiger partial charge is 0.251 e. The van der Waals surface area contributed by atoms with Gasteiger partial charge in [-0.2, -0.15) is 0 Å². The molecular formula is C14H17N5O. The third-order valence-corrected chi connectivity index (χ3v) is 3.55. The van der Waals surface area contributed by atoms with Crippen LogP contribution in [0.25, 0.3) is 0 Å². The number of H-pyrrole nitrogens is 1. The zero-order chi connectivity index (χ0) is 13.9. The summed E-state index contributed by atoms with van der Waals surface area (Å²) in [6, 6.07) is 3.42. The van der Waals surface area contributed by atoms with E-state index in [1.54, 1.807) is 18.5 Å². The fourth-order valence-corrected chi connectivity index (χ4v) is 2.67. The lowest BCUT2D eigenvalue weighted by molar-refractivity contribution is 0.493. The SMILES string of the molecule is Cc1nc(C2CCCN(c3ncccn3)C2)cc(=O)[nH]1. The summed E-state index contributed by atoms with van der Waals surface area (Å²) in [4.78, 5) is 29.5. The maximum absolute atomic E-state index is 11.6. The highest BCUT2D eigenvalue weighted by Gasteiger charge is 2.24. The van der Waals surface area contributed by atoms with Crippen LogP contribution in [0.5, 0.6) is 0 Å². The van der Waals surface area contributed by atoms with Gasteiger partial charge >= 0.3 is 0 Å². The number of hydrogen-bond donors (Lipinski definition) is 1. The van der Waals surface area contributed by atoms with E-state index in [4.69, 9.17) is 0 Å². The number of nitrogens with one attached hydrogen (secondary N) is 1. The number of hydrogen-bond acceptors (Lipinski definition) is 5. The second-order valence-electron chi connectivity index (χ2n) is 5.09. The van der Waals surface area contributed by atoms with E-state index in [1.165, 1.54) is 0 Å². The highest BCUT2D eigenvalue weighted by Crippen LogP contribution is 2.26. The van der Waals surface area contributed by atoms with E-state index >= 15 is 0 Å². The van der Waals surface area contributed by atoms with Gasteiger partial charge in [-0.25, -0.2) is 15.0 Å². The lowest BCUT2D eigenvalue weighted by atomic mass is 9.94. The molecule has 1 fully saturated rings. The van der Waals surface area contributed by atoms with Crippen LogP contribution >= 0.6 is 0 Å². The van der Waals surface area contributed by atoms with Gasteiger partial charge in [0.1, 0.15) is 5.82 Å². The monoisotopic (exact) mass is 271 g/mol. The van der Waals surface area contributed by atoms with Crippen LogP contribution in [0.4, 0.5) is 5.95 Å². The largest absolute Gasteiger partial charge is 0.340 e. The zero-order valence-corrected chi connectivity index (χ0v) is 11.4. The average Bonchev–Trinajstić information content (AvgIpc) is 2.47. The van der Waals surface area contributed by atoms with E-state index in [-0.39, 0.29) is 11.5 Å². The second kappa shape index (κ2) is 5.40. The van der Waals surface area contributed by atoms with Crippen LogP contribution in [0.1, 0.15) is 30.3 Å². The quantitative estimate of drug-likeness (QED) is 0.889. The lowest BCUT2D eigenvalue weighted by Gasteiger charge is -2.32. The molecule has 3 rings (SSSR count). The number of aryl methyl sites for hydroxylation is 1. The Morgan fingerprint density at radius 1 is 1.35 bits per heavy atom. The van der Waals surface area contributed by atoms with Crippen LogP contribution in [-0.2, 0) is 0 Å². The van der Waals surface area contributed by atoms with Crippen molar-refractivity contribution < 1.29 is 0 Å². The summed E-state index contributed by atoms with van der Waals surface area (Å²) in [5, 5.41) is 0. The van der Waals surface area contributed by atoms with Crippen molar-refractivity contribution in [1.82, 2.24) is 19.9 Å². The van der Waals surface area contributed by atoms with Gasteiger partial charge in [-0.05, 0) is 25.8 Å². The van der Waals surface area contributed by atoms with Crippen LogP contribution in [0.3, 0.4) is 0 Å². The predicted molar refractivity (Wildman–Crippen MR) is 75.8 cm³/mol. The van der Waals surface area contributed by atoms with Crippen LogP contribution in [0.15, 0.2) is 29.3 Å². The molecule has 104 valence electrons. The fourth-order valence-electron chi connectivity index (χ4n) is 2.67. The summed E-state index contributed by atoms with van der Waals surface area (Å²) in [5.74, 6) is 1.67. The van der Waals surface area contributed by atoms with Gasteiger partial charge in [-0.3, -0.25) is 4.79 Å². The van der Waals surface area contributed by atoms with Crippen molar-refractivity contribution in [1.29, 1.82) is 0 Å². The average molecular weight is 271 g/mol. The molecule has 0 radical (unpaired) electrons. The fraction of sp³-hybridized carbons (Fsp3) is 0.429. The number of anilines is 1. The first kappa shape index (κ1) is 12.8. The Bertz CT molecular complexity index is 640. The van der Waals surface area contributed by atoms with Crippen molar-refractivity contribution in [3.8, 4) is 0 Å². The van der Waals surface area contributed by atoms with Gasteiger partial charge in [0.25, 0.3) is 5.56 Å². The van der Waals surface area contributed by atoms with E-state index in [9.17, 15) is 4.79 Å². The molecule has 0 saturated carbocycles. The standard InChI is InChI=1S/C14H17N5O/c1-10-17-12(8-13(20)18-10)11-4-2-7-19(9-11)14-15-5-3-6-16-14/h3,5-6,8,11H,2,4,7,9H2,1H3,(H,17,18,20). The molecule has 0 spiro atoms. The van der Waals surface area contributed by atoms with Gasteiger partial charge in [0, 0.05) is 37.5 Å². The molecule has 0 amide bonds. The Labute approximate surface area is 116 Å². The van der Waals surface area contributed by atoms with Crippen LogP contribution in [-0.4, -0.2) is 33.0 Å². The Hall–Kier alpha value is -2.24. The zero-order valence-electron chi connectivity index (χ0n) is 11.4. The number of aromatic amines is 1. The predicted octanol–water partition coefficient (Wildman–Crippen LogP) is 1.25. The minimum absolute atomic E-state index is 0.0828. The van der Waals surface area contributed by atoms with Crippen LogP contribution in [0.2, 0.25) is 0 Å². The molecular weight excluding hydrogens is 254 g/mol. The molecule has 3 heterocycles. The van der Waals surface area contributed by atoms with E-state index in [2.05, 4.69) is 24.8 Å². The molecule has 1 N–H and O–H groups in total. The molecule has 6 heteroatoms. The van der Waals surface area contributed by atoms with Gasteiger partial charge < -0.3 is 9.88 Å². The first-order valence-electron chi connectivity index (χ1n) is 6.82. The highest BCUT2D eigenvalue weighted by molar-refractivity contribution is 5.31. The van der Waals surface area contributed by atoms with Crippen LogP contribution < -0.4 is 10.5 Å². The summed E-state index contributed by atoms with van der Waals surface area (Å²) in [7, 11) is 0. The van der Waals surface area contributed by atoms with Crippen molar-refractivity contribution in [2.24, 2.45) is 0 Å². The first-order valence-corrected chi connectivity index (χ1v) is 6.82. The number of aromatic nitrogens is 4. The van der Waals surface area contributed by atoms with Crippen molar-refractivity contribution in [3.05, 3.63) is 46.4 Å². The second-order valence-corrected chi connectivity index (χ2v) is 5.09. The van der Waals surface area contributed by atoms with Gasteiger partial charge in [0.05, 0.1) is 5.69 Å². The van der Waals surface area contributed by atoms with Gasteiger partial charge in [0.15, 0.2) is 0 Å². The molecule has 2 aromatic rings. The van der Waals surface area contributed by atoms with Crippen molar-refractivity contribution >= 4 is 5.95 Å². The Balaban J connectivity index is 1.83. The number of rotatable bonds is 2. The third kappa shape index (κ3) is 2.68. The van der Waals surface area contributed by atoms with Crippen molar-refractivity contribution in [3.63, 3.8) is 0 Å². The molecule has 1 aliphatic heterocycles. The third-order valence-electron chi connectivity index (χ3n) is 3.55. The molecule has 1 saturated heterocycles. The number of nitrogens with zero attached hydrogens (tertiary/aromatic N) is 4. The summed E-state index contributed by atoms with van der Waals surface area (Å²) < 4.78 is 0. The summed E-state index contributed by atoms with van der Waals surface area (Å²) in [6.07, 6.45) is 5.60. The maximum Gasteiger partial charge on any atom is 0.251 e. The normalized spacial score (nSPS) is 19.1. The summed E-state index contributed by atoms with van der Waals surface area (Å²) in [6.45, 7) is 3.56. The van der Waals surface area contributed by atoms with E-state index in [0.29, 0.717) is 5.82 Å².